The van der Waals surface area contributed by atoms with Gasteiger partial charge in [0, 0.05) is 19.3 Å². The first-order chi connectivity index (χ1) is 9.97. The monoisotopic (exact) mass is 332 g/mol. The van der Waals surface area contributed by atoms with E-state index in [9.17, 15) is 8.42 Å². The highest BCUT2D eigenvalue weighted by atomic mass is 32.2. The number of sulfonamides is 1. The SMILES string of the molecule is CNCCc1cc(OC)ccc1S(=O)(=O)N(C)CCSC. The third-order valence-corrected chi connectivity index (χ3v) is 5.76. The first-order valence-corrected chi connectivity index (χ1v) is 9.57. The molecule has 5 nitrogen and oxygen atoms in total. The Morgan fingerprint density at radius 2 is 2.10 bits per heavy atom. The van der Waals surface area contributed by atoms with Crippen LogP contribution in [0.25, 0.3) is 0 Å². The molecule has 0 bridgehead atoms. The number of rotatable bonds is 9. The van der Waals surface area contributed by atoms with Crippen LogP contribution in [0.1, 0.15) is 5.56 Å². The highest BCUT2D eigenvalue weighted by Crippen LogP contribution is 2.24. The van der Waals surface area contributed by atoms with Gasteiger partial charge in [0.05, 0.1) is 12.0 Å². The summed E-state index contributed by atoms with van der Waals surface area (Å²) < 4.78 is 32.0. The summed E-state index contributed by atoms with van der Waals surface area (Å²) in [5.74, 6) is 1.45. The Morgan fingerprint density at radius 1 is 1.38 bits per heavy atom. The van der Waals surface area contributed by atoms with Crippen LogP contribution < -0.4 is 10.1 Å². The maximum atomic E-state index is 12.7. The van der Waals surface area contributed by atoms with Crippen LogP contribution in [-0.4, -0.2) is 59.0 Å². The normalized spacial score (nSPS) is 11.9. The molecule has 0 spiro atoms. The van der Waals surface area contributed by atoms with Crippen molar-refractivity contribution in [2.45, 2.75) is 11.3 Å². The summed E-state index contributed by atoms with van der Waals surface area (Å²) in [7, 11) is 1.59. The minimum absolute atomic E-state index is 0.363. The predicted octanol–water partition coefficient (Wildman–Crippen LogP) is 1.44. The maximum absolute atomic E-state index is 12.7. The zero-order valence-electron chi connectivity index (χ0n) is 13.0. The summed E-state index contributed by atoms with van der Waals surface area (Å²) in [6.45, 7) is 1.21. The number of nitrogens with zero attached hydrogens (tertiary/aromatic N) is 1. The molecule has 1 aromatic carbocycles. The predicted molar refractivity (Wildman–Crippen MR) is 88.8 cm³/mol. The van der Waals surface area contributed by atoms with E-state index in [-0.39, 0.29) is 0 Å². The van der Waals surface area contributed by atoms with Gasteiger partial charge in [-0.05, 0) is 50.0 Å². The van der Waals surface area contributed by atoms with Gasteiger partial charge in [0.2, 0.25) is 10.0 Å². The fourth-order valence-corrected chi connectivity index (χ4v) is 3.87. The minimum Gasteiger partial charge on any atom is -0.497 e. The molecule has 0 aliphatic heterocycles. The van der Waals surface area contributed by atoms with Crippen LogP contribution in [0.2, 0.25) is 0 Å². The smallest absolute Gasteiger partial charge is 0.243 e. The van der Waals surface area contributed by atoms with E-state index < -0.39 is 10.0 Å². The van der Waals surface area contributed by atoms with Crippen LogP contribution >= 0.6 is 11.8 Å². The molecule has 0 aliphatic rings. The number of thioether (sulfide) groups is 1. The van der Waals surface area contributed by atoms with Gasteiger partial charge in [0.15, 0.2) is 0 Å². The van der Waals surface area contributed by atoms with Crippen molar-refractivity contribution in [3.63, 3.8) is 0 Å². The van der Waals surface area contributed by atoms with Gasteiger partial charge < -0.3 is 10.1 Å². The molecule has 1 rings (SSSR count). The zero-order valence-corrected chi connectivity index (χ0v) is 14.7. The lowest BCUT2D eigenvalue weighted by Crippen LogP contribution is -2.30. The van der Waals surface area contributed by atoms with Crippen molar-refractivity contribution in [2.75, 3.05) is 46.3 Å². The molecule has 1 aromatic rings. The molecule has 0 atom stereocenters. The zero-order chi connectivity index (χ0) is 15.9. The van der Waals surface area contributed by atoms with Crippen LogP contribution in [0.5, 0.6) is 5.75 Å². The molecular formula is C14H24N2O3S2. The summed E-state index contributed by atoms with van der Waals surface area (Å²) in [6, 6.07) is 5.12. The lowest BCUT2D eigenvalue weighted by Gasteiger charge is -2.19. The summed E-state index contributed by atoms with van der Waals surface area (Å²) in [4.78, 5) is 0.363. The number of hydrogen-bond acceptors (Lipinski definition) is 5. The third kappa shape index (κ3) is 4.88. The van der Waals surface area contributed by atoms with Crippen LogP contribution in [0, 0.1) is 0 Å². The van der Waals surface area contributed by atoms with Crippen molar-refractivity contribution in [1.82, 2.24) is 9.62 Å². The highest BCUT2D eigenvalue weighted by molar-refractivity contribution is 7.98. The van der Waals surface area contributed by atoms with Gasteiger partial charge in [0.1, 0.15) is 5.75 Å². The van der Waals surface area contributed by atoms with Gasteiger partial charge in [-0.25, -0.2) is 12.7 Å². The van der Waals surface area contributed by atoms with Crippen molar-refractivity contribution in [3.05, 3.63) is 23.8 Å². The van der Waals surface area contributed by atoms with Crippen molar-refractivity contribution in [3.8, 4) is 5.75 Å². The molecule has 0 amide bonds. The topological polar surface area (TPSA) is 58.6 Å². The molecule has 0 radical (unpaired) electrons. The Bertz CT molecular complexity index is 547. The fourth-order valence-electron chi connectivity index (χ4n) is 1.90. The van der Waals surface area contributed by atoms with Gasteiger partial charge in [-0.1, -0.05) is 0 Å². The number of likely N-dealkylation sites (N-methyl/N-ethyl adjacent to an activating group) is 1. The van der Waals surface area contributed by atoms with Gasteiger partial charge in [-0.15, -0.1) is 0 Å². The molecule has 0 saturated heterocycles. The van der Waals surface area contributed by atoms with E-state index in [1.807, 2.05) is 13.3 Å². The number of methoxy groups -OCH3 is 1. The van der Waals surface area contributed by atoms with Crippen molar-refractivity contribution in [2.24, 2.45) is 0 Å². The number of benzene rings is 1. The molecule has 120 valence electrons. The van der Waals surface area contributed by atoms with E-state index in [1.165, 1.54) is 4.31 Å². The first-order valence-electron chi connectivity index (χ1n) is 6.74. The van der Waals surface area contributed by atoms with E-state index in [0.29, 0.717) is 30.2 Å². The molecule has 0 fully saturated rings. The molecule has 7 heteroatoms. The molecular weight excluding hydrogens is 308 g/mol. The second kappa shape index (κ2) is 8.63. The van der Waals surface area contributed by atoms with Crippen LogP contribution in [0.15, 0.2) is 23.1 Å². The first kappa shape index (κ1) is 18.3. The lowest BCUT2D eigenvalue weighted by molar-refractivity contribution is 0.413. The maximum Gasteiger partial charge on any atom is 0.243 e. The van der Waals surface area contributed by atoms with E-state index in [2.05, 4.69) is 5.32 Å². The second-order valence-corrected chi connectivity index (χ2v) is 7.65. The van der Waals surface area contributed by atoms with E-state index in [0.717, 1.165) is 11.3 Å². The Labute approximate surface area is 132 Å². The summed E-state index contributed by atoms with van der Waals surface area (Å²) in [6.07, 6.45) is 2.60. The van der Waals surface area contributed by atoms with E-state index in [1.54, 1.807) is 44.1 Å². The molecule has 0 aliphatic carbocycles. The quantitative estimate of drug-likeness (QED) is 0.741. The Kier molecular flexibility index (Phi) is 7.51. The van der Waals surface area contributed by atoms with Crippen molar-refractivity contribution in [1.29, 1.82) is 0 Å². The van der Waals surface area contributed by atoms with E-state index in [4.69, 9.17) is 4.74 Å². The largest absolute Gasteiger partial charge is 0.497 e. The van der Waals surface area contributed by atoms with E-state index >= 15 is 0 Å². The molecule has 1 N–H and O–H groups in total. The minimum atomic E-state index is -3.46. The lowest BCUT2D eigenvalue weighted by atomic mass is 10.1. The molecule has 21 heavy (non-hydrogen) atoms. The number of ether oxygens (including phenoxy) is 1. The molecule has 0 aromatic heterocycles. The number of nitrogens with one attached hydrogen (secondary N) is 1. The van der Waals surface area contributed by atoms with Gasteiger partial charge in [-0.3, -0.25) is 0 Å². The van der Waals surface area contributed by atoms with Crippen LogP contribution in [-0.2, 0) is 16.4 Å². The average Bonchev–Trinajstić information content (AvgIpc) is 2.49. The average molecular weight is 332 g/mol. The Morgan fingerprint density at radius 3 is 2.67 bits per heavy atom. The molecule has 0 heterocycles. The van der Waals surface area contributed by atoms with Crippen molar-refractivity contribution < 1.29 is 13.2 Å². The fraction of sp³-hybridized carbons (Fsp3) is 0.571. The van der Waals surface area contributed by atoms with Crippen LogP contribution in [0.4, 0.5) is 0 Å². The van der Waals surface area contributed by atoms with Crippen LogP contribution in [0.3, 0.4) is 0 Å². The van der Waals surface area contributed by atoms with Crippen molar-refractivity contribution >= 4 is 21.8 Å². The van der Waals surface area contributed by atoms with Gasteiger partial charge in [-0.2, -0.15) is 11.8 Å². The second-order valence-electron chi connectivity index (χ2n) is 4.65. The standard InChI is InChI=1S/C14H24N2O3S2/c1-15-8-7-12-11-13(19-3)5-6-14(12)21(17,18)16(2)9-10-20-4/h5-6,11,15H,7-10H2,1-4H3. The van der Waals surface area contributed by atoms with Gasteiger partial charge in [0.25, 0.3) is 0 Å². The number of hydrogen-bond donors (Lipinski definition) is 1. The molecule has 0 unspecified atom stereocenters. The summed E-state index contributed by atoms with van der Waals surface area (Å²) in [5, 5.41) is 3.04. The molecule has 0 saturated carbocycles. The summed E-state index contributed by atoms with van der Waals surface area (Å²) >= 11 is 1.63. The summed E-state index contributed by atoms with van der Waals surface area (Å²) in [5.41, 5.74) is 0.778. The third-order valence-electron chi connectivity index (χ3n) is 3.21. The highest BCUT2D eigenvalue weighted by Gasteiger charge is 2.23. The Hall–Kier alpha value is -0.760. The van der Waals surface area contributed by atoms with Gasteiger partial charge >= 0.3 is 0 Å². The Balaban J connectivity index is 3.14.